The van der Waals surface area contributed by atoms with Crippen LogP contribution in [0, 0.1) is 5.41 Å². The molecule has 0 aromatic rings. The summed E-state index contributed by atoms with van der Waals surface area (Å²) in [4.78, 5) is 0. The predicted octanol–water partition coefficient (Wildman–Crippen LogP) is 3.45. The summed E-state index contributed by atoms with van der Waals surface area (Å²) in [5.74, 6) is 0. The van der Waals surface area contributed by atoms with Crippen molar-refractivity contribution in [3.63, 3.8) is 0 Å². The smallest absolute Gasteiger partial charge is 0.210 e. The number of rotatable bonds is 4. The minimum atomic E-state index is -2.20. The van der Waals surface area contributed by atoms with Crippen LogP contribution in [0.3, 0.4) is 0 Å². The highest BCUT2D eigenvalue weighted by atomic mass is 79.9. The van der Waals surface area contributed by atoms with Crippen molar-refractivity contribution in [1.82, 2.24) is 0 Å². The minimum Gasteiger partial charge on any atom is -0.210 e. The highest BCUT2D eigenvalue weighted by Gasteiger charge is 2.28. The third-order valence-corrected chi connectivity index (χ3v) is 2.11. The van der Waals surface area contributed by atoms with E-state index in [0.717, 1.165) is 11.8 Å². The molecule has 0 N–H and O–H groups in total. The Hall–Kier alpha value is 0.340. The second kappa shape index (κ2) is 4.27. The van der Waals surface area contributed by atoms with Crippen molar-refractivity contribution >= 4 is 15.9 Å². The molecule has 0 rings (SSSR count). The lowest BCUT2D eigenvalue weighted by Gasteiger charge is -2.22. The summed E-state index contributed by atoms with van der Waals surface area (Å²) < 4.78 is 24.2. The van der Waals surface area contributed by atoms with E-state index in [1.165, 1.54) is 0 Å². The van der Waals surface area contributed by atoms with Gasteiger partial charge in [0.05, 0.1) is 0 Å². The van der Waals surface area contributed by atoms with Gasteiger partial charge in [-0.25, -0.2) is 8.78 Å². The minimum absolute atomic E-state index is 0.579. The Balaban J connectivity index is 3.63. The zero-order valence-corrected chi connectivity index (χ0v) is 7.92. The first-order valence-electron chi connectivity index (χ1n) is 3.35. The lowest BCUT2D eigenvalue weighted by atomic mass is 9.89. The van der Waals surface area contributed by atoms with E-state index >= 15 is 0 Å². The molecule has 0 saturated carbocycles. The fraction of sp³-hybridized carbons (Fsp3) is 1.00. The zero-order chi connectivity index (χ0) is 8.20. The van der Waals surface area contributed by atoms with E-state index in [2.05, 4.69) is 15.9 Å². The number of halogens is 3. The average Bonchev–Trinajstić information content (AvgIpc) is 1.84. The van der Waals surface area contributed by atoms with Gasteiger partial charge in [-0.1, -0.05) is 29.8 Å². The molecule has 0 nitrogen and oxygen atoms in total. The largest absolute Gasteiger partial charge is 0.243 e. The van der Waals surface area contributed by atoms with Crippen molar-refractivity contribution in [3.05, 3.63) is 0 Å². The maximum atomic E-state index is 12.1. The van der Waals surface area contributed by atoms with Crippen molar-refractivity contribution in [2.45, 2.75) is 33.1 Å². The Morgan fingerprint density at radius 1 is 1.40 bits per heavy atom. The van der Waals surface area contributed by atoms with E-state index in [-0.39, 0.29) is 0 Å². The summed E-state index contributed by atoms with van der Waals surface area (Å²) in [6.07, 6.45) is -0.806. The van der Waals surface area contributed by atoms with Gasteiger partial charge in [0.15, 0.2) is 0 Å². The fourth-order valence-corrected chi connectivity index (χ4v) is 0.912. The molecule has 0 aromatic heterocycles. The second-order valence-corrected chi connectivity index (χ2v) is 3.87. The Kier molecular flexibility index (Phi) is 4.41. The van der Waals surface area contributed by atoms with E-state index in [1.807, 2.05) is 0 Å². The Morgan fingerprint density at radius 3 is 2.20 bits per heavy atom. The molecular formula is C7H13BrF2. The third-order valence-electron chi connectivity index (χ3n) is 1.55. The first-order valence-corrected chi connectivity index (χ1v) is 4.47. The molecule has 0 atom stereocenters. The summed E-state index contributed by atoms with van der Waals surface area (Å²) >= 11 is 3.21. The molecule has 62 valence electrons. The molecule has 0 saturated heterocycles. The Morgan fingerprint density at radius 2 is 1.90 bits per heavy atom. The third kappa shape index (κ3) is 3.49. The van der Waals surface area contributed by atoms with Crippen molar-refractivity contribution in [2.75, 3.05) is 5.33 Å². The van der Waals surface area contributed by atoms with E-state index in [0.29, 0.717) is 6.42 Å². The maximum absolute atomic E-state index is 12.1. The molecule has 0 fully saturated rings. The van der Waals surface area contributed by atoms with Crippen LogP contribution in [0.15, 0.2) is 0 Å². The van der Waals surface area contributed by atoms with E-state index in [4.69, 9.17) is 0 Å². The molecule has 10 heavy (non-hydrogen) atoms. The van der Waals surface area contributed by atoms with Crippen molar-refractivity contribution < 1.29 is 8.78 Å². The molecule has 0 aliphatic heterocycles. The van der Waals surface area contributed by atoms with Crippen LogP contribution in [0.2, 0.25) is 0 Å². The van der Waals surface area contributed by atoms with Gasteiger partial charge in [0, 0.05) is 10.7 Å². The van der Waals surface area contributed by atoms with Crippen LogP contribution in [0.25, 0.3) is 0 Å². The summed E-state index contributed by atoms with van der Waals surface area (Å²) in [6, 6.07) is 0. The van der Waals surface area contributed by atoms with Crippen LogP contribution in [0.5, 0.6) is 0 Å². The molecule has 0 unspecified atom stereocenters. The molecule has 0 amide bonds. The molecule has 0 aliphatic carbocycles. The average molecular weight is 215 g/mol. The molecule has 0 aromatic carbocycles. The molecule has 0 aliphatic rings. The summed E-state index contributed by atoms with van der Waals surface area (Å²) in [7, 11) is 0. The number of hydrogen-bond donors (Lipinski definition) is 0. The van der Waals surface area contributed by atoms with Gasteiger partial charge < -0.3 is 0 Å². The molecule has 0 heterocycles. The van der Waals surface area contributed by atoms with Crippen LogP contribution < -0.4 is 0 Å². The van der Waals surface area contributed by atoms with Crippen LogP contribution in [0.1, 0.15) is 26.7 Å². The zero-order valence-electron chi connectivity index (χ0n) is 6.33. The van der Waals surface area contributed by atoms with Gasteiger partial charge in [0.2, 0.25) is 6.43 Å². The molecule has 3 heteroatoms. The van der Waals surface area contributed by atoms with Gasteiger partial charge in [0.1, 0.15) is 0 Å². The van der Waals surface area contributed by atoms with E-state index in [9.17, 15) is 8.78 Å². The second-order valence-electron chi connectivity index (χ2n) is 3.08. The van der Waals surface area contributed by atoms with Gasteiger partial charge >= 0.3 is 0 Å². The van der Waals surface area contributed by atoms with Gasteiger partial charge in [0.25, 0.3) is 0 Å². The standard InChI is InChI=1S/C7H13BrF2/c1-7(2,6(9)10)4-3-5-8/h6H,3-5H2,1-2H3. The summed E-state index contributed by atoms with van der Waals surface area (Å²) in [5, 5.41) is 0.809. The molecule has 0 bridgehead atoms. The Labute approximate surface area is 69.1 Å². The molecule has 0 spiro atoms. The monoisotopic (exact) mass is 214 g/mol. The maximum Gasteiger partial charge on any atom is 0.243 e. The van der Waals surface area contributed by atoms with Crippen LogP contribution >= 0.6 is 15.9 Å². The first kappa shape index (κ1) is 10.3. The van der Waals surface area contributed by atoms with E-state index < -0.39 is 11.8 Å². The number of hydrogen-bond acceptors (Lipinski definition) is 0. The van der Waals surface area contributed by atoms with Gasteiger partial charge in [-0.3, -0.25) is 0 Å². The van der Waals surface area contributed by atoms with Crippen LogP contribution in [0.4, 0.5) is 8.78 Å². The van der Waals surface area contributed by atoms with Crippen molar-refractivity contribution in [3.8, 4) is 0 Å². The van der Waals surface area contributed by atoms with Crippen LogP contribution in [-0.4, -0.2) is 11.8 Å². The molecule has 0 radical (unpaired) electrons. The summed E-state index contributed by atoms with van der Waals surface area (Å²) in [6.45, 7) is 3.20. The Bertz CT molecular complexity index is 91.6. The normalized spacial score (nSPS) is 12.6. The highest BCUT2D eigenvalue weighted by molar-refractivity contribution is 9.09. The molecular weight excluding hydrogens is 202 g/mol. The predicted molar refractivity (Wildman–Crippen MR) is 42.8 cm³/mol. The van der Waals surface area contributed by atoms with Gasteiger partial charge in [-0.15, -0.1) is 0 Å². The highest BCUT2D eigenvalue weighted by Crippen LogP contribution is 2.30. The lowest BCUT2D eigenvalue weighted by molar-refractivity contribution is 0.0139. The lowest BCUT2D eigenvalue weighted by Crippen LogP contribution is -2.21. The topological polar surface area (TPSA) is 0 Å². The summed E-state index contributed by atoms with van der Waals surface area (Å²) in [5.41, 5.74) is -0.812. The van der Waals surface area contributed by atoms with E-state index in [1.54, 1.807) is 13.8 Å². The SMILES string of the molecule is CC(C)(CCCBr)C(F)F. The van der Waals surface area contributed by atoms with Crippen molar-refractivity contribution in [2.24, 2.45) is 5.41 Å². The van der Waals surface area contributed by atoms with Gasteiger partial charge in [-0.2, -0.15) is 0 Å². The van der Waals surface area contributed by atoms with Crippen LogP contribution in [-0.2, 0) is 0 Å². The van der Waals surface area contributed by atoms with Crippen molar-refractivity contribution in [1.29, 1.82) is 0 Å². The fourth-order valence-electron chi connectivity index (χ4n) is 0.632. The van der Waals surface area contributed by atoms with Gasteiger partial charge in [-0.05, 0) is 12.8 Å². The number of alkyl halides is 3. The first-order chi connectivity index (χ1) is 4.50. The quantitative estimate of drug-likeness (QED) is 0.630.